The minimum absolute atomic E-state index is 0.379. The van der Waals surface area contributed by atoms with E-state index < -0.39 is 0 Å². The molecule has 20 heavy (non-hydrogen) atoms. The van der Waals surface area contributed by atoms with Gasteiger partial charge < -0.3 is 5.32 Å². The van der Waals surface area contributed by atoms with E-state index in [1.165, 1.54) is 16.4 Å². The van der Waals surface area contributed by atoms with Crippen molar-refractivity contribution >= 4 is 50.3 Å². The van der Waals surface area contributed by atoms with Gasteiger partial charge in [0.15, 0.2) is 0 Å². The summed E-state index contributed by atoms with van der Waals surface area (Å²) >= 11 is 7.72. The molecule has 98 valence electrons. The number of halogens is 1. The summed E-state index contributed by atoms with van der Waals surface area (Å²) in [4.78, 5) is 8.14. The van der Waals surface area contributed by atoms with Crippen LogP contribution in [0.3, 0.4) is 0 Å². The number of anilines is 2. The predicted molar refractivity (Wildman–Crippen MR) is 80.9 cm³/mol. The second-order valence-corrected chi connectivity index (χ2v) is 5.57. The third-order valence-corrected chi connectivity index (χ3v) is 4.04. The van der Waals surface area contributed by atoms with Crippen molar-refractivity contribution in [3.63, 3.8) is 0 Å². The third-order valence-electron chi connectivity index (χ3n) is 2.95. The highest BCUT2D eigenvalue weighted by atomic mass is 35.5. The van der Waals surface area contributed by atoms with E-state index in [0.717, 1.165) is 11.5 Å². The minimum atomic E-state index is 0.379. The van der Waals surface area contributed by atoms with E-state index in [1.807, 2.05) is 6.07 Å². The maximum Gasteiger partial charge on any atom is 0.255 e. The van der Waals surface area contributed by atoms with Crippen molar-refractivity contribution in [2.45, 2.75) is 0 Å². The van der Waals surface area contributed by atoms with E-state index in [1.54, 1.807) is 21.9 Å². The van der Waals surface area contributed by atoms with E-state index in [4.69, 9.17) is 11.6 Å². The number of hydrogen-bond acceptors (Lipinski definition) is 5. The highest BCUT2D eigenvalue weighted by Gasteiger charge is 2.07. The van der Waals surface area contributed by atoms with Crippen molar-refractivity contribution in [2.75, 3.05) is 5.32 Å². The van der Waals surface area contributed by atoms with Crippen molar-refractivity contribution in [1.82, 2.24) is 19.6 Å². The Kier molecular flexibility index (Phi) is 2.58. The average Bonchev–Trinajstić information content (AvgIpc) is 3.05. The predicted octanol–water partition coefficient (Wildman–Crippen LogP) is 3.74. The molecule has 0 aliphatic carbocycles. The molecule has 0 atom stereocenters. The molecule has 0 amide bonds. The molecule has 3 aromatic heterocycles. The van der Waals surface area contributed by atoms with Crippen LogP contribution in [0.1, 0.15) is 0 Å². The van der Waals surface area contributed by atoms with Gasteiger partial charge in [0, 0.05) is 16.5 Å². The van der Waals surface area contributed by atoms with E-state index >= 15 is 0 Å². The summed E-state index contributed by atoms with van der Waals surface area (Å²) in [6.45, 7) is 0. The van der Waals surface area contributed by atoms with Crippen LogP contribution in [-0.2, 0) is 0 Å². The van der Waals surface area contributed by atoms with Crippen LogP contribution in [0.15, 0.2) is 42.0 Å². The van der Waals surface area contributed by atoms with Gasteiger partial charge in [-0.1, -0.05) is 11.6 Å². The third kappa shape index (κ3) is 1.90. The Balaban J connectivity index is 1.81. The smallest absolute Gasteiger partial charge is 0.255 e. The quantitative estimate of drug-likeness (QED) is 0.573. The van der Waals surface area contributed by atoms with Crippen molar-refractivity contribution in [3.05, 3.63) is 47.2 Å². The number of rotatable bonds is 2. The molecule has 7 heteroatoms. The van der Waals surface area contributed by atoms with Gasteiger partial charge in [0.25, 0.3) is 5.78 Å². The Hall–Kier alpha value is -2.18. The van der Waals surface area contributed by atoms with Crippen LogP contribution >= 0.6 is 22.9 Å². The van der Waals surface area contributed by atoms with Crippen LogP contribution in [0.25, 0.3) is 15.9 Å². The summed E-state index contributed by atoms with van der Waals surface area (Å²) in [5.41, 5.74) is 0.968. The molecule has 0 saturated carbocycles. The zero-order valence-corrected chi connectivity index (χ0v) is 11.7. The first-order valence-electron chi connectivity index (χ1n) is 5.90. The van der Waals surface area contributed by atoms with Gasteiger partial charge >= 0.3 is 0 Å². The van der Waals surface area contributed by atoms with E-state index in [2.05, 4.69) is 44.0 Å². The summed E-state index contributed by atoms with van der Waals surface area (Å²) in [6.07, 6.45) is 1.45. The average molecular weight is 302 g/mol. The molecule has 1 aromatic carbocycles. The van der Waals surface area contributed by atoms with Gasteiger partial charge in [0.05, 0.1) is 0 Å². The molecule has 0 unspecified atom stereocenters. The molecule has 0 spiro atoms. The van der Waals surface area contributed by atoms with Crippen LogP contribution in [0, 0.1) is 0 Å². The highest BCUT2D eigenvalue weighted by Crippen LogP contribution is 2.26. The molecule has 0 bridgehead atoms. The SMILES string of the molecule is Clc1cc(Nc2ccc3sccc3c2)n2ncnc2n1. The van der Waals surface area contributed by atoms with Gasteiger partial charge in [0.2, 0.25) is 0 Å². The Morgan fingerprint density at radius 3 is 3.10 bits per heavy atom. The fraction of sp³-hybridized carbons (Fsp3) is 0. The monoisotopic (exact) mass is 301 g/mol. The lowest BCUT2D eigenvalue weighted by Gasteiger charge is -2.08. The first-order chi connectivity index (χ1) is 9.79. The molecule has 0 saturated heterocycles. The molecular weight excluding hydrogens is 294 g/mol. The Labute approximate surface area is 122 Å². The summed E-state index contributed by atoms with van der Waals surface area (Å²) < 4.78 is 2.87. The standard InChI is InChI=1S/C13H8ClN5S/c14-11-6-12(19-13(18-11)15-7-16-19)17-9-1-2-10-8(5-9)3-4-20-10/h1-7,17H. The van der Waals surface area contributed by atoms with Crippen molar-refractivity contribution in [2.24, 2.45) is 0 Å². The van der Waals surface area contributed by atoms with Gasteiger partial charge in [-0.05, 0) is 35.0 Å². The maximum absolute atomic E-state index is 5.99. The van der Waals surface area contributed by atoms with Gasteiger partial charge in [0.1, 0.15) is 17.3 Å². The van der Waals surface area contributed by atoms with Gasteiger partial charge in [-0.3, -0.25) is 0 Å². The second kappa shape index (κ2) is 4.43. The summed E-state index contributed by atoms with van der Waals surface area (Å²) in [5.74, 6) is 1.20. The van der Waals surface area contributed by atoms with Gasteiger partial charge in [-0.25, -0.2) is 0 Å². The first-order valence-corrected chi connectivity index (χ1v) is 7.16. The molecular formula is C13H8ClN5S. The number of thiophene rings is 1. The lowest BCUT2D eigenvalue weighted by Crippen LogP contribution is -2.01. The number of nitrogens with zero attached hydrogens (tertiary/aromatic N) is 4. The zero-order chi connectivity index (χ0) is 13.5. The van der Waals surface area contributed by atoms with Crippen molar-refractivity contribution < 1.29 is 0 Å². The van der Waals surface area contributed by atoms with Crippen molar-refractivity contribution in [1.29, 1.82) is 0 Å². The van der Waals surface area contributed by atoms with E-state index in [0.29, 0.717) is 10.9 Å². The molecule has 1 N–H and O–H groups in total. The Bertz CT molecular complexity index is 913. The fourth-order valence-electron chi connectivity index (χ4n) is 2.06. The van der Waals surface area contributed by atoms with Crippen LogP contribution in [-0.4, -0.2) is 19.6 Å². The first kappa shape index (κ1) is 11.6. The van der Waals surface area contributed by atoms with E-state index in [9.17, 15) is 0 Å². The summed E-state index contributed by atoms with van der Waals surface area (Å²) in [6, 6.07) is 10.0. The van der Waals surface area contributed by atoms with Gasteiger partial charge in [-0.2, -0.15) is 19.6 Å². The maximum atomic E-state index is 5.99. The fourth-order valence-corrected chi connectivity index (χ4v) is 3.01. The largest absolute Gasteiger partial charge is 0.340 e. The molecule has 0 aliphatic rings. The minimum Gasteiger partial charge on any atom is -0.340 e. The Morgan fingerprint density at radius 1 is 1.20 bits per heavy atom. The summed E-state index contributed by atoms with van der Waals surface area (Å²) in [5, 5.41) is 11.1. The number of benzene rings is 1. The molecule has 5 nitrogen and oxygen atoms in total. The zero-order valence-electron chi connectivity index (χ0n) is 10.1. The van der Waals surface area contributed by atoms with Crippen LogP contribution in [0.5, 0.6) is 0 Å². The summed E-state index contributed by atoms with van der Waals surface area (Å²) in [7, 11) is 0. The lowest BCUT2D eigenvalue weighted by molar-refractivity contribution is 0.947. The molecule has 0 fully saturated rings. The van der Waals surface area contributed by atoms with Crippen LogP contribution < -0.4 is 5.32 Å². The molecule has 3 heterocycles. The second-order valence-electron chi connectivity index (χ2n) is 4.23. The lowest BCUT2D eigenvalue weighted by atomic mass is 10.2. The van der Waals surface area contributed by atoms with Gasteiger partial charge in [-0.15, -0.1) is 11.3 Å². The number of nitrogens with one attached hydrogen (secondary N) is 1. The molecule has 0 radical (unpaired) electrons. The van der Waals surface area contributed by atoms with E-state index in [-0.39, 0.29) is 0 Å². The van der Waals surface area contributed by atoms with Crippen LogP contribution in [0.2, 0.25) is 5.15 Å². The number of aromatic nitrogens is 4. The van der Waals surface area contributed by atoms with Crippen molar-refractivity contribution in [3.8, 4) is 0 Å². The topological polar surface area (TPSA) is 55.1 Å². The highest BCUT2D eigenvalue weighted by molar-refractivity contribution is 7.17. The molecule has 4 aromatic rings. The number of hydrogen-bond donors (Lipinski definition) is 1. The Morgan fingerprint density at radius 2 is 2.15 bits per heavy atom. The normalized spacial score (nSPS) is 11.2. The molecule has 0 aliphatic heterocycles. The number of fused-ring (bicyclic) bond motifs is 2. The molecule has 4 rings (SSSR count). The van der Waals surface area contributed by atoms with Crippen LogP contribution in [0.4, 0.5) is 11.5 Å².